The zero-order valence-electron chi connectivity index (χ0n) is 10.1. The number of aromatic hydroxyl groups is 1. The van der Waals surface area contributed by atoms with Gasteiger partial charge in [-0.15, -0.1) is 6.58 Å². The van der Waals surface area contributed by atoms with E-state index in [0.29, 0.717) is 5.75 Å². The molecule has 3 rings (SSSR count). The number of benzene rings is 3. The monoisotopic (exact) mass is 234 g/mol. The Bertz CT molecular complexity index is 741. The zero-order valence-corrected chi connectivity index (χ0v) is 10.1. The lowest BCUT2D eigenvalue weighted by molar-refractivity contribution is 0.481. The van der Waals surface area contributed by atoms with E-state index in [1.54, 1.807) is 6.07 Å². The van der Waals surface area contributed by atoms with Crippen LogP contribution in [-0.2, 0) is 6.42 Å². The van der Waals surface area contributed by atoms with E-state index in [9.17, 15) is 5.11 Å². The van der Waals surface area contributed by atoms with Crippen LogP contribution in [0, 0.1) is 0 Å². The predicted molar refractivity (Wildman–Crippen MR) is 77.0 cm³/mol. The number of phenols is 1. The van der Waals surface area contributed by atoms with Crippen molar-refractivity contribution in [2.75, 3.05) is 0 Å². The molecular weight excluding hydrogens is 220 g/mol. The molecule has 0 radical (unpaired) electrons. The average Bonchev–Trinajstić information content (AvgIpc) is 2.40. The van der Waals surface area contributed by atoms with Gasteiger partial charge in [0.2, 0.25) is 0 Å². The molecule has 0 aliphatic rings. The number of rotatable bonds is 2. The summed E-state index contributed by atoms with van der Waals surface area (Å²) < 4.78 is 0. The van der Waals surface area contributed by atoms with Gasteiger partial charge in [-0.3, -0.25) is 0 Å². The molecule has 3 aromatic rings. The molecule has 1 heteroatoms. The number of allylic oxidation sites excluding steroid dienone is 1. The van der Waals surface area contributed by atoms with Crippen molar-refractivity contribution in [3.05, 3.63) is 66.7 Å². The number of phenolic OH excluding ortho intramolecular Hbond substituents is 1. The Hall–Kier alpha value is -2.28. The maximum Gasteiger partial charge on any atom is 0.123 e. The molecule has 3 aromatic carbocycles. The molecule has 0 aromatic heterocycles. The summed E-state index contributed by atoms with van der Waals surface area (Å²) in [6, 6.07) is 16.0. The van der Waals surface area contributed by atoms with Gasteiger partial charge < -0.3 is 5.11 Å². The van der Waals surface area contributed by atoms with Gasteiger partial charge in [-0.25, -0.2) is 0 Å². The van der Waals surface area contributed by atoms with Gasteiger partial charge in [0.05, 0.1) is 0 Å². The summed E-state index contributed by atoms with van der Waals surface area (Å²) in [5, 5.41) is 14.4. The molecule has 0 amide bonds. The van der Waals surface area contributed by atoms with Crippen molar-refractivity contribution < 1.29 is 5.11 Å². The van der Waals surface area contributed by atoms with Crippen LogP contribution in [-0.4, -0.2) is 5.11 Å². The Morgan fingerprint density at radius 2 is 1.72 bits per heavy atom. The van der Waals surface area contributed by atoms with Gasteiger partial charge in [0.25, 0.3) is 0 Å². The van der Waals surface area contributed by atoms with Crippen molar-refractivity contribution in [3.8, 4) is 5.75 Å². The summed E-state index contributed by atoms with van der Waals surface area (Å²) in [5.74, 6) is 0.337. The molecule has 1 N–H and O–H groups in total. The molecule has 0 spiro atoms. The van der Waals surface area contributed by atoms with Crippen LogP contribution in [0.25, 0.3) is 21.5 Å². The Labute approximate surface area is 106 Å². The highest BCUT2D eigenvalue weighted by Crippen LogP contribution is 2.33. The molecule has 0 heterocycles. The minimum atomic E-state index is 0.337. The SMILES string of the molecule is C=CCc1c2ccccc2cc2c(O)cccc12. The number of hydrogen-bond donors (Lipinski definition) is 1. The van der Waals surface area contributed by atoms with E-state index in [2.05, 4.69) is 24.8 Å². The summed E-state index contributed by atoms with van der Waals surface area (Å²) in [6.07, 6.45) is 2.71. The molecule has 0 saturated carbocycles. The smallest absolute Gasteiger partial charge is 0.123 e. The summed E-state index contributed by atoms with van der Waals surface area (Å²) in [7, 11) is 0. The van der Waals surface area contributed by atoms with Crippen molar-refractivity contribution in [3.63, 3.8) is 0 Å². The minimum Gasteiger partial charge on any atom is -0.507 e. The van der Waals surface area contributed by atoms with E-state index < -0.39 is 0 Å². The van der Waals surface area contributed by atoms with E-state index in [1.807, 2.05) is 30.3 Å². The van der Waals surface area contributed by atoms with E-state index >= 15 is 0 Å². The first kappa shape index (κ1) is 10.8. The van der Waals surface area contributed by atoms with Gasteiger partial charge in [0.1, 0.15) is 5.75 Å². The number of fused-ring (bicyclic) bond motifs is 2. The summed E-state index contributed by atoms with van der Waals surface area (Å²) in [6.45, 7) is 3.83. The first-order valence-corrected chi connectivity index (χ1v) is 6.04. The van der Waals surface area contributed by atoms with Crippen molar-refractivity contribution in [2.24, 2.45) is 0 Å². The number of hydrogen-bond acceptors (Lipinski definition) is 1. The van der Waals surface area contributed by atoms with Gasteiger partial charge in [0.15, 0.2) is 0 Å². The van der Waals surface area contributed by atoms with Gasteiger partial charge in [-0.1, -0.05) is 42.5 Å². The van der Waals surface area contributed by atoms with Crippen LogP contribution < -0.4 is 0 Å². The fourth-order valence-electron chi connectivity index (χ4n) is 2.53. The Morgan fingerprint density at radius 3 is 2.56 bits per heavy atom. The van der Waals surface area contributed by atoms with E-state index in [0.717, 1.165) is 22.6 Å². The minimum absolute atomic E-state index is 0.337. The van der Waals surface area contributed by atoms with Gasteiger partial charge >= 0.3 is 0 Å². The van der Waals surface area contributed by atoms with Crippen molar-refractivity contribution >= 4 is 21.5 Å². The third-order valence-corrected chi connectivity index (χ3v) is 3.34. The van der Waals surface area contributed by atoms with Crippen LogP contribution >= 0.6 is 0 Å². The van der Waals surface area contributed by atoms with Crippen LogP contribution in [0.2, 0.25) is 0 Å². The van der Waals surface area contributed by atoms with Crippen LogP contribution in [0.4, 0.5) is 0 Å². The van der Waals surface area contributed by atoms with Crippen molar-refractivity contribution in [2.45, 2.75) is 6.42 Å². The quantitative estimate of drug-likeness (QED) is 0.514. The lowest BCUT2D eigenvalue weighted by Crippen LogP contribution is -1.88. The second-order valence-corrected chi connectivity index (χ2v) is 4.44. The van der Waals surface area contributed by atoms with E-state index in [4.69, 9.17) is 0 Å². The van der Waals surface area contributed by atoms with Crippen LogP contribution in [0.5, 0.6) is 5.75 Å². The maximum absolute atomic E-state index is 10.00. The third-order valence-electron chi connectivity index (χ3n) is 3.34. The summed E-state index contributed by atoms with van der Waals surface area (Å²) >= 11 is 0. The third kappa shape index (κ3) is 1.56. The highest BCUT2D eigenvalue weighted by atomic mass is 16.3. The standard InChI is InChI=1S/C17H14O/c1-2-6-14-13-8-4-3-7-12(13)11-16-15(14)9-5-10-17(16)18/h2-5,7-11,18H,1,6H2. The van der Waals surface area contributed by atoms with E-state index in [1.165, 1.54) is 10.9 Å². The lowest BCUT2D eigenvalue weighted by atomic mass is 9.94. The molecule has 0 aliphatic heterocycles. The van der Waals surface area contributed by atoms with Crippen LogP contribution in [0.3, 0.4) is 0 Å². The summed E-state index contributed by atoms with van der Waals surface area (Å²) in [4.78, 5) is 0. The van der Waals surface area contributed by atoms with Gasteiger partial charge in [0, 0.05) is 5.39 Å². The molecule has 0 unspecified atom stereocenters. The van der Waals surface area contributed by atoms with Crippen LogP contribution in [0.15, 0.2) is 61.2 Å². The molecule has 0 aliphatic carbocycles. The largest absolute Gasteiger partial charge is 0.507 e. The first-order valence-electron chi connectivity index (χ1n) is 6.04. The average molecular weight is 234 g/mol. The molecule has 0 saturated heterocycles. The van der Waals surface area contributed by atoms with Gasteiger partial charge in [-0.2, -0.15) is 0 Å². The van der Waals surface area contributed by atoms with Crippen molar-refractivity contribution in [1.82, 2.24) is 0 Å². The normalized spacial score (nSPS) is 10.9. The molecule has 0 bridgehead atoms. The maximum atomic E-state index is 10.00. The first-order chi connectivity index (χ1) is 8.81. The molecule has 0 fully saturated rings. The Morgan fingerprint density at radius 1 is 0.944 bits per heavy atom. The van der Waals surface area contributed by atoms with Crippen molar-refractivity contribution in [1.29, 1.82) is 0 Å². The molecule has 0 atom stereocenters. The second-order valence-electron chi connectivity index (χ2n) is 4.44. The predicted octanol–water partition coefficient (Wildman–Crippen LogP) is 4.43. The van der Waals surface area contributed by atoms with E-state index in [-0.39, 0.29) is 0 Å². The molecule has 88 valence electrons. The molecule has 18 heavy (non-hydrogen) atoms. The zero-order chi connectivity index (χ0) is 12.5. The van der Waals surface area contributed by atoms with Crippen LogP contribution in [0.1, 0.15) is 5.56 Å². The Balaban J connectivity index is 2.54. The fraction of sp³-hybridized carbons (Fsp3) is 0.0588. The Kier molecular flexibility index (Phi) is 2.52. The van der Waals surface area contributed by atoms with Gasteiger partial charge in [-0.05, 0) is 40.3 Å². The molecule has 1 nitrogen and oxygen atoms in total. The topological polar surface area (TPSA) is 20.2 Å². The lowest BCUT2D eigenvalue weighted by Gasteiger charge is -2.10. The highest BCUT2D eigenvalue weighted by molar-refractivity contribution is 6.04. The summed E-state index contributed by atoms with van der Waals surface area (Å²) in [5.41, 5.74) is 1.23. The molecular formula is C17H14O. The fourth-order valence-corrected chi connectivity index (χ4v) is 2.53. The second kappa shape index (κ2) is 4.19. The highest BCUT2D eigenvalue weighted by Gasteiger charge is 2.08.